The lowest BCUT2D eigenvalue weighted by molar-refractivity contribution is -0.678. The molecule has 0 saturated heterocycles. The number of aromatic nitrogens is 2. The molecule has 0 atom stereocenters. The summed E-state index contributed by atoms with van der Waals surface area (Å²) in [7, 11) is 0. The Bertz CT molecular complexity index is 1040. The van der Waals surface area contributed by atoms with E-state index in [9.17, 15) is 4.79 Å². The second kappa shape index (κ2) is 6.10. The Hall–Kier alpha value is -2.38. The first kappa shape index (κ1) is 17.1. The Labute approximate surface area is 155 Å². The van der Waals surface area contributed by atoms with E-state index in [2.05, 4.69) is 20.4 Å². The third-order valence-electron chi connectivity index (χ3n) is 4.73. The van der Waals surface area contributed by atoms with Crippen LogP contribution >= 0.6 is 11.3 Å². The maximum Gasteiger partial charge on any atom is 0.501 e. The molecule has 1 aliphatic rings. The highest BCUT2D eigenvalue weighted by molar-refractivity contribution is 7.18. The Morgan fingerprint density at radius 2 is 2.31 bits per heavy atom. The molecular weight excluding hydrogens is 350 g/mol. The van der Waals surface area contributed by atoms with Crippen LogP contribution in [-0.2, 0) is 30.9 Å². The summed E-state index contributed by atoms with van der Waals surface area (Å²) in [5, 5.41) is 0.953. The molecule has 0 radical (unpaired) electrons. The number of nitrogen functional groups attached to an aromatic ring is 1. The molecule has 2 N–H and O–H groups in total. The molecule has 4 heterocycles. The molecular formula is C19H22N3O3S+. The van der Waals surface area contributed by atoms with Crippen LogP contribution in [0.15, 0.2) is 40.3 Å². The second-order valence-electron chi connectivity index (χ2n) is 7.14. The fourth-order valence-electron chi connectivity index (χ4n) is 3.47. The van der Waals surface area contributed by atoms with Gasteiger partial charge in [-0.3, -0.25) is 0 Å². The van der Waals surface area contributed by atoms with Gasteiger partial charge in [-0.05, 0) is 31.5 Å². The highest BCUT2D eigenvalue weighted by Gasteiger charge is 2.34. The third-order valence-corrected chi connectivity index (χ3v) is 5.96. The van der Waals surface area contributed by atoms with Crippen LogP contribution < -0.4 is 16.0 Å². The summed E-state index contributed by atoms with van der Waals surface area (Å²) in [5.41, 5.74) is 7.28. The van der Waals surface area contributed by atoms with Crippen LogP contribution in [0.1, 0.15) is 30.0 Å². The highest BCUT2D eigenvalue weighted by atomic mass is 32.1. The maximum absolute atomic E-state index is 13.1. The average Bonchev–Trinajstić information content (AvgIpc) is 3.22. The minimum Gasteiger partial charge on any atom is -0.465 e. The molecule has 3 aromatic rings. The van der Waals surface area contributed by atoms with Gasteiger partial charge >= 0.3 is 5.69 Å². The molecule has 7 heteroatoms. The summed E-state index contributed by atoms with van der Waals surface area (Å²) < 4.78 is 14.7. The number of furan rings is 1. The molecule has 1 aliphatic heterocycles. The van der Waals surface area contributed by atoms with E-state index in [-0.39, 0.29) is 11.3 Å². The lowest BCUT2D eigenvalue weighted by Crippen LogP contribution is -2.54. The smallest absolute Gasteiger partial charge is 0.465 e. The molecule has 4 rings (SSSR count). The molecule has 0 aliphatic carbocycles. The number of ether oxygens (including phenoxy) is 1. The van der Waals surface area contributed by atoms with Crippen molar-refractivity contribution in [3.63, 3.8) is 0 Å². The lowest BCUT2D eigenvalue weighted by atomic mass is 9.94. The summed E-state index contributed by atoms with van der Waals surface area (Å²) in [4.78, 5) is 15.1. The zero-order chi connectivity index (χ0) is 18.5. The van der Waals surface area contributed by atoms with Crippen molar-refractivity contribution in [3.8, 4) is 0 Å². The van der Waals surface area contributed by atoms with Gasteiger partial charge in [0.1, 0.15) is 17.7 Å². The Kier molecular flexibility index (Phi) is 4.00. The molecule has 0 amide bonds. The summed E-state index contributed by atoms with van der Waals surface area (Å²) in [6.07, 6.45) is 4.09. The van der Waals surface area contributed by atoms with Crippen molar-refractivity contribution in [2.45, 2.75) is 45.6 Å². The number of anilines is 1. The number of hydrogen-bond donors (Lipinski definition) is 1. The van der Waals surface area contributed by atoms with Crippen molar-refractivity contribution in [1.82, 2.24) is 4.57 Å². The highest BCUT2D eigenvalue weighted by Crippen LogP contribution is 2.39. The van der Waals surface area contributed by atoms with Crippen molar-refractivity contribution < 1.29 is 13.7 Å². The van der Waals surface area contributed by atoms with Crippen LogP contribution in [0.3, 0.4) is 0 Å². The van der Waals surface area contributed by atoms with Gasteiger partial charge in [-0.1, -0.05) is 24.0 Å². The van der Waals surface area contributed by atoms with Crippen LogP contribution in [0.5, 0.6) is 0 Å². The van der Waals surface area contributed by atoms with Crippen molar-refractivity contribution in [1.29, 1.82) is 0 Å². The normalized spacial score (nSPS) is 15.9. The van der Waals surface area contributed by atoms with E-state index in [0.717, 1.165) is 21.5 Å². The average molecular weight is 372 g/mol. The van der Waals surface area contributed by atoms with Gasteiger partial charge in [-0.2, -0.15) is 13.9 Å². The number of allylic oxidation sites excluding steroid dienone is 1. The fraction of sp³-hybridized carbons (Fsp3) is 0.368. The van der Waals surface area contributed by atoms with Gasteiger partial charge in [-0.15, -0.1) is 0 Å². The predicted molar refractivity (Wildman–Crippen MR) is 101 cm³/mol. The molecule has 6 nitrogen and oxygen atoms in total. The van der Waals surface area contributed by atoms with Gasteiger partial charge in [0.05, 0.1) is 18.5 Å². The minimum absolute atomic E-state index is 0.162. The Balaban J connectivity index is 2.00. The van der Waals surface area contributed by atoms with Gasteiger partial charge in [0, 0.05) is 11.3 Å². The first-order valence-electron chi connectivity index (χ1n) is 8.55. The Morgan fingerprint density at radius 3 is 3.00 bits per heavy atom. The van der Waals surface area contributed by atoms with E-state index in [4.69, 9.17) is 14.9 Å². The van der Waals surface area contributed by atoms with E-state index in [1.165, 1.54) is 5.56 Å². The number of rotatable bonds is 4. The summed E-state index contributed by atoms with van der Waals surface area (Å²) in [6.45, 7) is 9.22. The van der Waals surface area contributed by atoms with Gasteiger partial charge in [0.2, 0.25) is 5.82 Å². The second-order valence-corrected chi connectivity index (χ2v) is 8.23. The predicted octanol–water partition coefficient (Wildman–Crippen LogP) is 2.61. The molecule has 136 valence electrons. The molecule has 0 unspecified atom stereocenters. The van der Waals surface area contributed by atoms with Crippen molar-refractivity contribution >= 4 is 27.4 Å². The van der Waals surface area contributed by atoms with E-state index < -0.39 is 0 Å². The number of fused-ring (bicyclic) bond motifs is 3. The lowest BCUT2D eigenvalue weighted by Gasteiger charge is -2.29. The van der Waals surface area contributed by atoms with Crippen LogP contribution in [0, 0.1) is 0 Å². The standard InChI is InChI=1S/C19H21N3O3S/c1-4-7-21-17-15(13-9-19(2,3)25-11-14(13)26-17)16(20)22(18(21)23)10-12-6-5-8-24-12/h4-6,8,20H,1,7,9-11H2,2-3H3/p+1. The van der Waals surface area contributed by atoms with Gasteiger partial charge in [-0.25, -0.2) is 0 Å². The van der Waals surface area contributed by atoms with Gasteiger partial charge in [0.25, 0.3) is 0 Å². The third kappa shape index (κ3) is 2.68. The van der Waals surface area contributed by atoms with Gasteiger partial charge in [0.15, 0.2) is 11.4 Å². The molecule has 0 bridgehead atoms. The van der Waals surface area contributed by atoms with E-state index in [1.807, 2.05) is 6.07 Å². The van der Waals surface area contributed by atoms with Crippen LogP contribution in [0.4, 0.5) is 5.82 Å². The molecule has 26 heavy (non-hydrogen) atoms. The fourth-order valence-corrected chi connectivity index (χ4v) is 4.71. The summed E-state index contributed by atoms with van der Waals surface area (Å²) in [5.74, 6) is 1.17. The molecule has 3 aromatic heterocycles. The summed E-state index contributed by atoms with van der Waals surface area (Å²) in [6, 6.07) is 3.65. The van der Waals surface area contributed by atoms with E-state index in [0.29, 0.717) is 31.3 Å². The first-order valence-corrected chi connectivity index (χ1v) is 9.36. The minimum atomic E-state index is -0.251. The quantitative estimate of drug-likeness (QED) is 0.564. The monoisotopic (exact) mass is 372 g/mol. The van der Waals surface area contributed by atoms with Crippen LogP contribution in [0.2, 0.25) is 0 Å². The van der Waals surface area contributed by atoms with E-state index in [1.54, 1.807) is 38.9 Å². The number of nitrogens with zero attached hydrogens (tertiary/aromatic N) is 2. The van der Waals surface area contributed by atoms with Crippen LogP contribution in [-0.4, -0.2) is 10.2 Å². The zero-order valence-electron chi connectivity index (χ0n) is 14.9. The summed E-state index contributed by atoms with van der Waals surface area (Å²) >= 11 is 1.59. The number of thiophene rings is 1. The Morgan fingerprint density at radius 1 is 1.50 bits per heavy atom. The first-order chi connectivity index (χ1) is 12.4. The van der Waals surface area contributed by atoms with Crippen molar-refractivity contribution in [2.24, 2.45) is 0 Å². The molecule has 0 aromatic carbocycles. The van der Waals surface area contributed by atoms with Crippen molar-refractivity contribution in [3.05, 3.63) is 57.7 Å². The van der Waals surface area contributed by atoms with E-state index >= 15 is 0 Å². The largest absolute Gasteiger partial charge is 0.501 e. The SMILES string of the molecule is C=CC[n+]1c(=O)n(Cc2ccco2)c(N)c2c3c(sc21)COC(C)(C)C3. The van der Waals surface area contributed by atoms with Gasteiger partial charge < -0.3 is 14.9 Å². The molecule has 0 fully saturated rings. The molecule has 0 saturated carbocycles. The van der Waals surface area contributed by atoms with Crippen molar-refractivity contribution in [2.75, 3.05) is 5.73 Å². The topological polar surface area (TPSA) is 74.3 Å². The zero-order valence-corrected chi connectivity index (χ0v) is 15.8. The number of hydrogen-bond acceptors (Lipinski definition) is 5. The maximum atomic E-state index is 13.1. The molecule has 0 spiro atoms. The van der Waals surface area contributed by atoms with Crippen LogP contribution in [0.25, 0.3) is 10.2 Å². The number of nitrogens with two attached hydrogens (primary N) is 1.